The van der Waals surface area contributed by atoms with Crippen LogP contribution >= 0.6 is 11.6 Å². The van der Waals surface area contributed by atoms with E-state index in [1.54, 1.807) is 0 Å². The summed E-state index contributed by atoms with van der Waals surface area (Å²) in [5.74, 6) is 0. The van der Waals surface area contributed by atoms with Gasteiger partial charge in [0, 0.05) is 21.4 Å². The van der Waals surface area contributed by atoms with Crippen molar-refractivity contribution < 1.29 is 0 Å². The van der Waals surface area contributed by atoms with Crippen LogP contribution in [0.4, 0.5) is 0 Å². The molecule has 0 aliphatic rings. The Hall–Kier alpha value is -2.38. The Morgan fingerprint density at radius 2 is 1.59 bits per heavy atom. The Morgan fingerprint density at radius 3 is 2.41 bits per heavy atom. The lowest BCUT2D eigenvalue weighted by Gasteiger charge is -2.12. The van der Waals surface area contributed by atoms with E-state index in [-0.39, 0.29) is 0 Å². The van der Waals surface area contributed by atoms with Gasteiger partial charge in [-0.2, -0.15) is 0 Å². The van der Waals surface area contributed by atoms with Gasteiger partial charge in [0.25, 0.3) is 0 Å². The van der Waals surface area contributed by atoms with Crippen molar-refractivity contribution in [2.75, 3.05) is 0 Å². The van der Waals surface area contributed by atoms with Crippen LogP contribution in [0, 0.1) is 6.92 Å². The summed E-state index contributed by atoms with van der Waals surface area (Å²) in [6.07, 6.45) is 0. The van der Waals surface area contributed by atoms with Crippen molar-refractivity contribution in [2.24, 2.45) is 0 Å². The zero-order chi connectivity index (χ0) is 15.1. The highest BCUT2D eigenvalue weighted by Gasteiger charge is 2.11. The molecule has 1 heterocycles. The Balaban J connectivity index is 2.23. The molecular weight excluding hydrogens is 290 g/mol. The highest BCUT2D eigenvalue weighted by molar-refractivity contribution is 6.31. The molecule has 1 aromatic heterocycles. The third-order valence-electron chi connectivity index (χ3n) is 3.95. The number of hydrogen-bond acceptors (Lipinski definition) is 1. The molecule has 22 heavy (non-hydrogen) atoms. The predicted molar refractivity (Wildman–Crippen MR) is 94.4 cm³/mol. The molecule has 4 rings (SSSR count). The van der Waals surface area contributed by atoms with Crippen LogP contribution in [0.15, 0.2) is 66.7 Å². The van der Waals surface area contributed by atoms with E-state index in [9.17, 15) is 0 Å². The molecule has 1 nitrogen and oxygen atoms in total. The zero-order valence-corrected chi connectivity index (χ0v) is 12.9. The minimum Gasteiger partial charge on any atom is -0.248 e. The lowest BCUT2D eigenvalue weighted by Crippen LogP contribution is -1.90. The first-order valence-corrected chi connectivity index (χ1v) is 7.65. The first-order valence-electron chi connectivity index (χ1n) is 7.27. The number of pyridine rings is 1. The largest absolute Gasteiger partial charge is 0.248 e. The smallest absolute Gasteiger partial charge is 0.0718 e. The second kappa shape index (κ2) is 5.11. The van der Waals surface area contributed by atoms with Gasteiger partial charge in [-0.3, -0.25) is 0 Å². The fourth-order valence-corrected chi connectivity index (χ4v) is 3.11. The first-order chi connectivity index (χ1) is 10.7. The van der Waals surface area contributed by atoms with Gasteiger partial charge in [0.05, 0.1) is 11.0 Å². The summed E-state index contributed by atoms with van der Waals surface area (Å²) in [7, 11) is 0. The molecule has 0 fully saturated rings. The summed E-state index contributed by atoms with van der Waals surface area (Å²) in [5.41, 5.74) is 5.59. The van der Waals surface area contributed by atoms with Crippen LogP contribution in [0.5, 0.6) is 0 Å². The van der Waals surface area contributed by atoms with Crippen LogP contribution in [-0.2, 0) is 0 Å². The molecule has 0 aliphatic heterocycles. The van der Waals surface area contributed by atoms with Crippen molar-refractivity contribution in [3.63, 3.8) is 0 Å². The van der Waals surface area contributed by atoms with Gasteiger partial charge in [0.2, 0.25) is 0 Å². The number of fused-ring (bicyclic) bond motifs is 2. The highest BCUT2D eigenvalue weighted by atomic mass is 35.5. The number of aromatic nitrogens is 1. The monoisotopic (exact) mass is 303 g/mol. The van der Waals surface area contributed by atoms with Crippen LogP contribution < -0.4 is 0 Å². The fourth-order valence-electron chi connectivity index (χ4n) is 2.94. The maximum atomic E-state index is 6.23. The summed E-state index contributed by atoms with van der Waals surface area (Å²) < 4.78 is 0. The molecule has 0 atom stereocenters. The summed E-state index contributed by atoms with van der Waals surface area (Å²) in [6, 6.07) is 22.7. The Morgan fingerprint density at radius 1 is 0.773 bits per heavy atom. The fraction of sp³-hybridized carbons (Fsp3) is 0.0500. The number of hydrogen-bond donors (Lipinski definition) is 0. The lowest BCUT2D eigenvalue weighted by molar-refractivity contribution is 1.44. The van der Waals surface area contributed by atoms with Crippen molar-refractivity contribution in [3.8, 4) is 11.1 Å². The van der Waals surface area contributed by atoms with E-state index in [0.29, 0.717) is 0 Å². The van der Waals surface area contributed by atoms with Crippen LogP contribution in [0.25, 0.3) is 32.9 Å². The van der Waals surface area contributed by atoms with Gasteiger partial charge < -0.3 is 0 Å². The SMILES string of the molecule is Cc1ccc2c(-c3ccccc3)c3cc(Cl)ccc3nc2c1. The molecule has 0 bridgehead atoms. The van der Waals surface area contributed by atoms with Crippen LogP contribution in [0.2, 0.25) is 5.02 Å². The summed E-state index contributed by atoms with van der Waals surface area (Å²) in [6.45, 7) is 2.09. The summed E-state index contributed by atoms with van der Waals surface area (Å²) >= 11 is 6.23. The van der Waals surface area contributed by atoms with Gasteiger partial charge in [-0.25, -0.2) is 4.98 Å². The predicted octanol–water partition coefficient (Wildman–Crippen LogP) is 6.02. The zero-order valence-electron chi connectivity index (χ0n) is 12.2. The molecule has 0 unspecified atom stereocenters. The van der Waals surface area contributed by atoms with Crippen molar-refractivity contribution in [2.45, 2.75) is 6.92 Å². The van der Waals surface area contributed by atoms with Gasteiger partial charge in [-0.1, -0.05) is 54.1 Å². The average molecular weight is 304 g/mol. The first kappa shape index (κ1) is 13.3. The van der Waals surface area contributed by atoms with Crippen molar-refractivity contribution in [3.05, 3.63) is 77.3 Å². The second-order valence-corrected chi connectivity index (χ2v) is 5.97. The Labute approximate surface area is 134 Å². The standard InChI is InChI=1S/C20H14ClN/c1-13-7-9-16-19(11-13)22-18-10-8-15(21)12-17(18)20(16)14-5-3-2-4-6-14/h2-12H,1H3. The quantitative estimate of drug-likeness (QED) is 0.392. The average Bonchev–Trinajstić information content (AvgIpc) is 2.53. The van der Waals surface area contributed by atoms with Crippen molar-refractivity contribution in [1.29, 1.82) is 0 Å². The minimum absolute atomic E-state index is 0.734. The number of benzene rings is 3. The van der Waals surface area contributed by atoms with E-state index in [1.165, 1.54) is 16.7 Å². The summed E-state index contributed by atoms with van der Waals surface area (Å²) in [5, 5.41) is 2.99. The second-order valence-electron chi connectivity index (χ2n) is 5.53. The Bertz CT molecular complexity index is 991. The molecule has 2 heteroatoms. The highest BCUT2D eigenvalue weighted by Crippen LogP contribution is 2.36. The Kier molecular flexibility index (Phi) is 3.09. The van der Waals surface area contributed by atoms with E-state index in [0.717, 1.165) is 26.8 Å². The molecule has 0 N–H and O–H groups in total. The normalized spacial score (nSPS) is 11.2. The lowest BCUT2D eigenvalue weighted by atomic mass is 9.95. The molecule has 0 radical (unpaired) electrons. The third kappa shape index (κ3) is 2.15. The molecule has 0 spiro atoms. The molecule has 4 aromatic rings. The molecule has 0 saturated heterocycles. The van der Waals surface area contributed by atoms with Gasteiger partial charge >= 0.3 is 0 Å². The third-order valence-corrected chi connectivity index (χ3v) is 4.19. The molecule has 106 valence electrons. The van der Waals surface area contributed by atoms with Gasteiger partial charge in [-0.15, -0.1) is 0 Å². The van der Waals surface area contributed by atoms with Crippen LogP contribution in [0.1, 0.15) is 5.56 Å². The van der Waals surface area contributed by atoms with E-state index < -0.39 is 0 Å². The van der Waals surface area contributed by atoms with Crippen LogP contribution in [0.3, 0.4) is 0 Å². The molecular formula is C20H14ClN. The van der Waals surface area contributed by atoms with Gasteiger partial charge in [-0.05, 0) is 42.3 Å². The van der Waals surface area contributed by atoms with Gasteiger partial charge in [0.1, 0.15) is 0 Å². The van der Waals surface area contributed by atoms with E-state index in [1.807, 2.05) is 24.3 Å². The number of halogens is 1. The van der Waals surface area contributed by atoms with E-state index in [4.69, 9.17) is 16.6 Å². The topological polar surface area (TPSA) is 12.9 Å². The summed E-state index contributed by atoms with van der Waals surface area (Å²) in [4.78, 5) is 4.81. The molecule has 0 aliphatic carbocycles. The number of rotatable bonds is 1. The number of nitrogens with zero attached hydrogens (tertiary/aromatic N) is 1. The maximum Gasteiger partial charge on any atom is 0.0718 e. The van der Waals surface area contributed by atoms with Crippen LogP contribution in [-0.4, -0.2) is 4.98 Å². The van der Waals surface area contributed by atoms with Gasteiger partial charge in [0.15, 0.2) is 0 Å². The van der Waals surface area contributed by atoms with E-state index in [2.05, 4.69) is 49.4 Å². The molecule has 0 saturated carbocycles. The van der Waals surface area contributed by atoms with Crippen molar-refractivity contribution >= 4 is 33.4 Å². The number of aryl methyl sites for hydroxylation is 1. The minimum atomic E-state index is 0.734. The van der Waals surface area contributed by atoms with Crippen molar-refractivity contribution in [1.82, 2.24) is 4.98 Å². The van der Waals surface area contributed by atoms with E-state index >= 15 is 0 Å². The molecule has 0 amide bonds. The maximum absolute atomic E-state index is 6.23. The molecule has 3 aromatic carbocycles.